The molecular formula is C22H17N3O3. The largest absolute Gasteiger partial charge is 0.453 e. The molecule has 0 atom stereocenters. The highest BCUT2D eigenvalue weighted by Crippen LogP contribution is 2.28. The van der Waals surface area contributed by atoms with Crippen LogP contribution in [0.3, 0.4) is 0 Å². The molecule has 1 amide bonds. The molecular weight excluding hydrogens is 354 g/mol. The van der Waals surface area contributed by atoms with Gasteiger partial charge in [-0.2, -0.15) is 0 Å². The van der Waals surface area contributed by atoms with Crippen molar-refractivity contribution in [1.82, 2.24) is 15.5 Å². The van der Waals surface area contributed by atoms with Gasteiger partial charge in [-0.15, -0.1) is 0 Å². The Morgan fingerprint density at radius 1 is 1.04 bits per heavy atom. The number of carbonyl (C=O) groups is 1. The quantitative estimate of drug-likeness (QED) is 0.479. The number of aromatic nitrogens is 2. The summed E-state index contributed by atoms with van der Waals surface area (Å²) in [5.74, 6) is 1.08. The van der Waals surface area contributed by atoms with Gasteiger partial charge in [0.2, 0.25) is 11.7 Å². The number of fused-ring (bicyclic) bond motifs is 2. The van der Waals surface area contributed by atoms with E-state index in [0.717, 1.165) is 27.4 Å². The lowest BCUT2D eigenvalue weighted by atomic mass is 10.1. The van der Waals surface area contributed by atoms with Gasteiger partial charge >= 0.3 is 0 Å². The standard InChI is InChI=1S/C22H17N3O3/c26-22(10-15-12-23-18-7-3-2-6-17(15)18)24-13-16-11-21(28-25-16)20-9-14-5-1-4-8-19(14)27-20/h1-9,11-12,23H,10,13H2,(H,24,26). The molecule has 2 N–H and O–H groups in total. The van der Waals surface area contributed by atoms with E-state index in [-0.39, 0.29) is 5.91 Å². The van der Waals surface area contributed by atoms with Gasteiger partial charge in [-0.1, -0.05) is 41.6 Å². The highest BCUT2D eigenvalue weighted by Gasteiger charge is 2.13. The Labute approximate surface area is 160 Å². The maximum absolute atomic E-state index is 12.3. The van der Waals surface area contributed by atoms with Crippen molar-refractivity contribution in [2.75, 3.05) is 0 Å². The lowest BCUT2D eigenvalue weighted by molar-refractivity contribution is -0.120. The van der Waals surface area contributed by atoms with Gasteiger partial charge < -0.3 is 19.2 Å². The molecule has 0 unspecified atom stereocenters. The molecule has 3 heterocycles. The number of carbonyl (C=O) groups excluding carboxylic acids is 1. The Bertz CT molecular complexity index is 1250. The van der Waals surface area contributed by atoms with E-state index in [4.69, 9.17) is 8.94 Å². The average Bonchev–Trinajstić information content (AvgIpc) is 3.44. The first kappa shape index (κ1) is 16.4. The summed E-state index contributed by atoms with van der Waals surface area (Å²) in [6.45, 7) is 0.297. The second kappa shape index (κ2) is 6.74. The predicted molar refractivity (Wildman–Crippen MR) is 106 cm³/mol. The predicted octanol–water partition coefficient (Wildman–Crippen LogP) is 4.43. The number of hydrogen-bond acceptors (Lipinski definition) is 4. The fraction of sp³-hybridized carbons (Fsp3) is 0.0909. The molecule has 0 aliphatic rings. The van der Waals surface area contributed by atoms with Crippen LogP contribution in [0, 0.1) is 0 Å². The van der Waals surface area contributed by atoms with E-state index in [1.165, 1.54) is 0 Å². The Morgan fingerprint density at radius 2 is 1.89 bits per heavy atom. The minimum absolute atomic E-state index is 0.0713. The summed E-state index contributed by atoms with van der Waals surface area (Å²) < 4.78 is 11.2. The topological polar surface area (TPSA) is 84.1 Å². The Kier molecular flexibility index (Phi) is 3.94. The van der Waals surface area contributed by atoms with Crippen LogP contribution in [0.5, 0.6) is 0 Å². The van der Waals surface area contributed by atoms with Crippen LogP contribution >= 0.6 is 0 Å². The maximum atomic E-state index is 12.3. The van der Waals surface area contributed by atoms with Gasteiger partial charge in [0, 0.05) is 28.6 Å². The van der Waals surface area contributed by atoms with Crippen molar-refractivity contribution >= 4 is 27.8 Å². The van der Waals surface area contributed by atoms with Crippen molar-refractivity contribution in [2.24, 2.45) is 0 Å². The van der Waals surface area contributed by atoms with E-state index in [2.05, 4.69) is 15.5 Å². The number of nitrogens with zero attached hydrogens (tertiary/aromatic N) is 1. The van der Waals surface area contributed by atoms with Crippen LogP contribution < -0.4 is 5.32 Å². The van der Waals surface area contributed by atoms with Crippen LogP contribution in [-0.4, -0.2) is 16.0 Å². The van der Waals surface area contributed by atoms with Crippen LogP contribution in [0.2, 0.25) is 0 Å². The summed E-state index contributed by atoms with van der Waals surface area (Å²) in [6.07, 6.45) is 2.18. The first-order chi connectivity index (χ1) is 13.8. The van der Waals surface area contributed by atoms with Crippen LogP contribution in [0.25, 0.3) is 33.4 Å². The normalized spacial score (nSPS) is 11.3. The molecule has 3 aromatic heterocycles. The fourth-order valence-corrected chi connectivity index (χ4v) is 3.32. The van der Waals surface area contributed by atoms with E-state index >= 15 is 0 Å². The second-order valence-corrected chi connectivity index (χ2v) is 6.64. The summed E-state index contributed by atoms with van der Waals surface area (Å²) in [4.78, 5) is 15.5. The fourth-order valence-electron chi connectivity index (χ4n) is 3.32. The van der Waals surface area contributed by atoms with Crippen LogP contribution in [0.1, 0.15) is 11.3 Å². The summed E-state index contributed by atoms with van der Waals surface area (Å²) in [6, 6.07) is 19.4. The number of nitrogens with one attached hydrogen (secondary N) is 2. The SMILES string of the molecule is O=C(Cc1c[nH]c2ccccc12)NCc1cc(-c2cc3ccccc3o2)on1. The summed E-state index contributed by atoms with van der Waals surface area (Å²) >= 11 is 0. The van der Waals surface area contributed by atoms with Gasteiger partial charge in [0.15, 0.2) is 5.76 Å². The molecule has 0 saturated heterocycles. The Hall–Kier alpha value is -3.80. The van der Waals surface area contributed by atoms with E-state index in [9.17, 15) is 4.79 Å². The monoisotopic (exact) mass is 371 g/mol. The Balaban J connectivity index is 1.25. The average molecular weight is 371 g/mol. The van der Waals surface area contributed by atoms with Crippen molar-refractivity contribution in [1.29, 1.82) is 0 Å². The molecule has 5 rings (SSSR count). The maximum Gasteiger partial charge on any atom is 0.224 e. The number of amides is 1. The zero-order valence-corrected chi connectivity index (χ0v) is 14.9. The van der Waals surface area contributed by atoms with Gasteiger partial charge in [-0.25, -0.2) is 0 Å². The highest BCUT2D eigenvalue weighted by atomic mass is 16.5. The molecule has 0 fully saturated rings. The number of benzene rings is 2. The molecule has 28 heavy (non-hydrogen) atoms. The lowest BCUT2D eigenvalue weighted by Gasteiger charge is -2.02. The van der Waals surface area contributed by atoms with Crippen molar-refractivity contribution < 1.29 is 13.7 Å². The zero-order chi connectivity index (χ0) is 18.9. The van der Waals surface area contributed by atoms with Crippen molar-refractivity contribution in [3.05, 3.63) is 78.1 Å². The molecule has 138 valence electrons. The molecule has 0 aliphatic carbocycles. The molecule has 2 aromatic carbocycles. The van der Waals surface area contributed by atoms with Crippen molar-refractivity contribution in [3.8, 4) is 11.5 Å². The van der Waals surface area contributed by atoms with E-state index in [1.54, 1.807) is 6.07 Å². The Morgan fingerprint density at radius 3 is 2.82 bits per heavy atom. The zero-order valence-electron chi connectivity index (χ0n) is 14.9. The van der Waals surface area contributed by atoms with Crippen molar-refractivity contribution in [3.63, 3.8) is 0 Å². The van der Waals surface area contributed by atoms with Gasteiger partial charge in [0.25, 0.3) is 0 Å². The number of para-hydroxylation sites is 2. The summed E-state index contributed by atoms with van der Waals surface area (Å²) in [5.41, 5.74) is 3.43. The molecule has 6 heteroatoms. The first-order valence-corrected chi connectivity index (χ1v) is 9.02. The highest BCUT2D eigenvalue weighted by molar-refractivity contribution is 5.88. The van der Waals surface area contributed by atoms with Gasteiger partial charge in [0.05, 0.1) is 13.0 Å². The van der Waals surface area contributed by atoms with E-state index < -0.39 is 0 Å². The van der Waals surface area contributed by atoms with Gasteiger partial charge in [-0.05, 0) is 23.8 Å². The van der Waals surface area contributed by atoms with E-state index in [0.29, 0.717) is 30.2 Å². The van der Waals surface area contributed by atoms with Crippen molar-refractivity contribution in [2.45, 2.75) is 13.0 Å². The molecule has 5 aromatic rings. The molecule has 0 saturated carbocycles. The van der Waals surface area contributed by atoms with Gasteiger partial charge in [-0.3, -0.25) is 4.79 Å². The first-order valence-electron chi connectivity index (χ1n) is 9.02. The summed E-state index contributed by atoms with van der Waals surface area (Å²) in [7, 11) is 0. The molecule has 0 aliphatic heterocycles. The molecule has 0 spiro atoms. The third-order valence-electron chi connectivity index (χ3n) is 4.72. The number of H-pyrrole nitrogens is 1. The lowest BCUT2D eigenvalue weighted by Crippen LogP contribution is -2.24. The van der Waals surface area contributed by atoms with Crippen LogP contribution in [0.4, 0.5) is 0 Å². The minimum Gasteiger partial charge on any atom is -0.453 e. The number of rotatable bonds is 5. The van der Waals surface area contributed by atoms with E-state index in [1.807, 2.05) is 60.8 Å². The van der Waals surface area contributed by atoms with Crippen LogP contribution in [-0.2, 0) is 17.8 Å². The summed E-state index contributed by atoms with van der Waals surface area (Å²) in [5, 5.41) is 8.98. The second-order valence-electron chi connectivity index (χ2n) is 6.64. The molecule has 0 bridgehead atoms. The minimum atomic E-state index is -0.0713. The van der Waals surface area contributed by atoms with Crippen LogP contribution in [0.15, 0.2) is 75.8 Å². The third-order valence-corrected chi connectivity index (χ3v) is 4.72. The van der Waals surface area contributed by atoms with Gasteiger partial charge in [0.1, 0.15) is 11.3 Å². The number of hydrogen-bond donors (Lipinski definition) is 2. The number of aromatic amines is 1. The third kappa shape index (κ3) is 3.05. The number of furan rings is 1. The smallest absolute Gasteiger partial charge is 0.224 e. The molecule has 0 radical (unpaired) electrons. The molecule has 6 nitrogen and oxygen atoms in total.